The Morgan fingerprint density at radius 3 is 2.42 bits per heavy atom. The Hall–Kier alpha value is -1.71. The fourth-order valence-corrected chi connectivity index (χ4v) is 5.77. The van der Waals surface area contributed by atoms with Gasteiger partial charge >= 0.3 is 0 Å². The quantitative estimate of drug-likeness (QED) is 0.485. The van der Waals surface area contributed by atoms with Crippen molar-refractivity contribution in [1.82, 2.24) is 4.90 Å². The Morgan fingerprint density at radius 1 is 1.18 bits per heavy atom. The summed E-state index contributed by atoms with van der Waals surface area (Å²) in [5, 5.41) is 21.5. The first-order chi connectivity index (χ1) is 15.5. The van der Waals surface area contributed by atoms with Crippen LogP contribution in [0.2, 0.25) is 10.0 Å². The fraction of sp³-hybridized carbons (Fsp3) is 0.500. The van der Waals surface area contributed by atoms with Crippen molar-refractivity contribution in [3.8, 4) is 6.07 Å². The lowest BCUT2D eigenvalue weighted by molar-refractivity contribution is 0.0994. The molecule has 33 heavy (non-hydrogen) atoms. The summed E-state index contributed by atoms with van der Waals surface area (Å²) in [7, 11) is 0. The zero-order valence-corrected chi connectivity index (χ0v) is 20.9. The third-order valence-electron chi connectivity index (χ3n) is 6.58. The predicted molar refractivity (Wildman–Crippen MR) is 129 cm³/mol. The number of likely N-dealkylation sites (tertiary alicyclic amines) is 1. The normalized spacial score (nSPS) is 25.9. The smallest absolute Gasteiger partial charge is 0.145 e. The fourth-order valence-electron chi connectivity index (χ4n) is 5.43. The Bertz CT molecular complexity index is 1050. The molecule has 7 heteroatoms. The van der Waals surface area contributed by atoms with E-state index in [9.17, 15) is 10.4 Å². The standard InChI is InChI=1S/C26H30Cl2F2N2O/c1-5-11-32-21(14-33)23(17-7-6-8-19(28)24(17)30)26(15-31,22(32)13-25(2,3)4)18-10-9-16(27)12-20(18)29/h6-10,12,21-23,33H,5,11,13-14H2,1-4H3. The first-order valence-corrected chi connectivity index (χ1v) is 11.9. The monoisotopic (exact) mass is 494 g/mol. The van der Waals surface area contributed by atoms with Gasteiger partial charge < -0.3 is 5.11 Å². The van der Waals surface area contributed by atoms with Gasteiger partial charge in [0.15, 0.2) is 0 Å². The molecule has 3 rings (SSSR count). The molecule has 1 aliphatic rings. The molecule has 2 aromatic carbocycles. The van der Waals surface area contributed by atoms with Crippen molar-refractivity contribution < 1.29 is 13.9 Å². The number of hydrogen-bond donors (Lipinski definition) is 1. The van der Waals surface area contributed by atoms with Crippen LogP contribution in [0.3, 0.4) is 0 Å². The first-order valence-electron chi connectivity index (χ1n) is 11.2. The maximum absolute atomic E-state index is 15.5. The van der Waals surface area contributed by atoms with Crippen molar-refractivity contribution in [2.75, 3.05) is 13.2 Å². The highest BCUT2D eigenvalue weighted by atomic mass is 35.5. The Morgan fingerprint density at radius 2 is 1.88 bits per heavy atom. The van der Waals surface area contributed by atoms with Crippen molar-refractivity contribution in [2.24, 2.45) is 5.41 Å². The van der Waals surface area contributed by atoms with Gasteiger partial charge in [0.1, 0.15) is 17.0 Å². The van der Waals surface area contributed by atoms with Crippen molar-refractivity contribution in [2.45, 2.75) is 64.0 Å². The molecule has 1 fully saturated rings. The van der Waals surface area contributed by atoms with E-state index in [1.807, 2.05) is 6.92 Å². The minimum Gasteiger partial charge on any atom is -0.395 e. The molecule has 1 N–H and O–H groups in total. The topological polar surface area (TPSA) is 47.3 Å². The SMILES string of the molecule is CCCN1C(CO)C(c2cccc(Cl)c2F)C(C#N)(c2ccc(Cl)cc2F)C1CC(C)(C)C. The van der Waals surface area contributed by atoms with Crippen LogP contribution in [0.15, 0.2) is 36.4 Å². The Balaban J connectivity index is 2.42. The van der Waals surface area contributed by atoms with Crippen molar-refractivity contribution in [1.29, 1.82) is 5.26 Å². The van der Waals surface area contributed by atoms with Crippen LogP contribution in [0, 0.1) is 28.4 Å². The molecule has 2 aromatic rings. The molecule has 1 heterocycles. The maximum atomic E-state index is 15.5. The minimum absolute atomic E-state index is 0.0751. The van der Waals surface area contributed by atoms with E-state index in [1.165, 1.54) is 18.2 Å². The molecule has 0 bridgehead atoms. The van der Waals surface area contributed by atoms with Gasteiger partial charge in [0.2, 0.25) is 0 Å². The zero-order chi connectivity index (χ0) is 24.6. The van der Waals surface area contributed by atoms with Gasteiger partial charge in [0.05, 0.1) is 17.7 Å². The molecule has 1 aliphatic heterocycles. The maximum Gasteiger partial charge on any atom is 0.145 e. The van der Waals surface area contributed by atoms with Gasteiger partial charge in [-0.25, -0.2) is 8.78 Å². The van der Waals surface area contributed by atoms with Crippen LogP contribution in [0.25, 0.3) is 0 Å². The van der Waals surface area contributed by atoms with E-state index in [0.717, 1.165) is 6.42 Å². The number of nitrogens with zero attached hydrogens (tertiary/aromatic N) is 2. The molecule has 0 amide bonds. The summed E-state index contributed by atoms with van der Waals surface area (Å²) in [4.78, 5) is 2.06. The summed E-state index contributed by atoms with van der Waals surface area (Å²) in [5.41, 5.74) is -1.33. The van der Waals surface area contributed by atoms with Gasteiger partial charge in [0, 0.05) is 28.6 Å². The van der Waals surface area contributed by atoms with Crippen LogP contribution in [0.5, 0.6) is 0 Å². The lowest BCUT2D eigenvalue weighted by Crippen LogP contribution is -2.47. The summed E-state index contributed by atoms with van der Waals surface area (Å²) in [6.45, 7) is 8.43. The van der Waals surface area contributed by atoms with E-state index < -0.39 is 35.1 Å². The highest BCUT2D eigenvalue weighted by molar-refractivity contribution is 6.31. The van der Waals surface area contributed by atoms with E-state index in [0.29, 0.717) is 13.0 Å². The largest absolute Gasteiger partial charge is 0.395 e. The van der Waals surface area contributed by atoms with E-state index in [-0.39, 0.29) is 33.2 Å². The molecule has 4 unspecified atom stereocenters. The molecule has 0 aromatic heterocycles. The summed E-state index contributed by atoms with van der Waals surface area (Å²) in [5.74, 6) is -2.12. The highest BCUT2D eigenvalue weighted by Gasteiger charge is 2.62. The number of rotatable bonds is 6. The highest BCUT2D eigenvalue weighted by Crippen LogP contribution is 2.56. The van der Waals surface area contributed by atoms with Crippen LogP contribution in [-0.4, -0.2) is 35.2 Å². The number of nitriles is 1. The molecule has 0 spiro atoms. The number of aliphatic hydroxyl groups is 1. The van der Waals surface area contributed by atoms with E-state index in [4.69, 9.17) is 23.2 Å². The van der Waals surface area contributed by atoms with Crippen molar-refractivity contribution in [3.05, 3.63) is 69.2 Å². The zero-order valence-electron chi connectivity index (χ0n) is 19.4. The van der Waals surface area contributed by atoms with Gasteiger partial charge in [-0.3, -0.25) is 4.90 Å². The van der Waals surface area contributed by atoms with Gasteiger partial charge in [-0.15, -0.1) is 0 Å². The van der Waals surface area contributed by atoms with Crippen molar-refractivity contribution in [3.63, 3.8) is 0 Å². The third-order valence-corrected chi connectivity index (χ3v) is 7.11. The van der Waals surface area contributed by atoms with Gasteiger partial charge in [-0.05, 0) is 48.6 Å². The van der Waals surface area contributed by atoms with Crippen LogP contribution in [0.4, 0.5) is 8.78 Å². The molecule has 3 nitrogen and oxygen atoms in total. The van der Waals surface area contributed by atoms with Crippen LogP contribution >= 0.6 is 23.2 Å². The average Bonchev–Trinajstić information content (AvgIpc) is 2.98. The molecular formula is C26H30Cl2F2N2O. The second-order valence-corrected chi connectivity index (χ2v) is 10.8. The summed E-state index contributed by atoms with van der Waals surface area (Å²) < 4.78 is 31.0. The van der Waals surface area contributed by atoms with Crippen LogP contribution in [0.1, 0.15) is 57.6 Å². The van der Waals surface area contributed by atoms with E-state index in [1.54, 1.807) is 18.2 Å². The van der Waals surface area contributed by atoms with Gasteiger partial charge in [-0.2, -0.15) is 5.26 Å². The summed E-state index contributed by atoms with van der Waals surface area (Å²) in [6, 6.07) is 10.3. The number of hydrogen-bond acceptors (Lipinski definition) is 3. The van der Waals surface area contributed by atoms with Gasteiger partial charge in [0.25, 0.3) is 0 Å². The van der Waals surface area contributed by atoms with E-state index in [2.05, 4.69) is 31.7 Å². The number of benzene rings is 2. The third kappa shape index (κ3) is 4.64. The molecule has 178 valence electrons. The number of halogens is 4. The second kappa shape index (κ2) is 9.88. The van der Waals surface area contributed by atoms with Crippen LogP contribution in [-0.2, 0) is 5.41 Å². The molecule has 0 saturated carbocycles. The first kappa shape index (κ1) is 25.9. The van der Waals surface area contributed by atoms with Crippen molar-refractivity contribution >= 4 is 23.2 Å². The molecular weight excluding hydrogens is 465 g/mol. The molecule has 0 aliphatic carbocycles. The van der Waals surface area contributed by atoms with Gasteiger partial charge in [-0.1, -0.05) is 69.1 Å². The summed E-state index contributed by atoms with van der Waals surface area (Å²) in [6.07, 6.45) is 1.30. The lowest BCUT2D eigenvalue weighted by atomic mass is 9.62. The van der Waals surface area contributed by atoms with Crippen LogP contribution < -0.4 is 0 Å². The average molecular weight is 495 g/mol. The lowest BCUT2D eigenvalue weighted by Gasteiger charge is -2.39. The Kier molecular flexibility index (Phi) is 7.75. The molecule has 1 saturated heterocycles. The summed E-state index contributed by atoms with van der Waals surface area (Å²) >= 11 is 12.2. The molecule has 0 radical (unpaired) electrons. The predicted octanol–water partition coefficient (Wildman–Crippen LogP) is 6.71. The second-order valence-electron chi connectivity index (χ2n) is 9.99. The Labute approximate surface area is 204 Å². The number of aliphatic hydroxyl groups excluding tert-OH is 1. The van der Waals surface area contributed by atoms with E-state index >= 15 is 8.78 Å². The molecule has 4 atom stereocenters. The minimum atomic E-state index is -1.48.